The van der Waals surface area contributed by atoms with Crippen molar-refractivity contribution < 1.29 is 4.74 Å². The summed E-state index contributed by atoms with van der Waals surface area (Å²) in [6.07, 6.45) is 0. The number of pyridine rings is 1. The molecule has 0 atom stereocenters. The average molecular weight is 233 g/mol. The molecule has 0 spiro atoms. The number of nitrogens with zero attached hydrogens (tertiary/aromatic N) is 1. The van der Waals surface area contributed by atoms with Crippen LogP contribution in [-0.2, 0) is 5.41 Å². The highest BCUT2D eigenvalue weighted by molar-refractivity contribution is 5.47. The minimum absolute atomic E-state index is 0.0455. The first-order valence-electron chi connectivity index (χ1n) is 6.51. The molecular weight excluding hydrogens is 210 g/mol. The molecule has 0 bridgehead atoms. The molecule has 94 valence electrons. The molecule has 17 heavy (non-hydrogen) atoms. The average Bonchev–Trinajstić information content (AvgIpc) is 2.53. The fourth-order valence-electron chi connectivity index (χ4n) is 2.23. The minimum atomic E-state index is 0.0455. The summed E-state index contributed by atoms with van der Waals surface area (Å²) in [4.78, 5) is 4.82. The van der Waals surface area contributed by atoms with Gasteiger partial charge in [-0.25, -0.2) is 0 Å². The van der Waals surface area contributed by atoms with E-state index in [9.17, 15) is 0 Å². The Morgan fingerprint density at radius 3 is 2.35 bits per heavy atom. The first kappa shape index (κ1) is 12.4. The zero-order valence-corrected chi connectivity index (χ0v) is 11.8. The lowest BCUT2D eigenvalue weighted by Crippen LogP contribution is -2.20. The fraction of sp³-hybridized carbons (Fsp3) is 0.667. The smallest absolute Gasteiger partial charge is 0.144 e. The second kappa shape index (κ2) is 4.01. The normalized spacial score (nSPS) is 17.4. The van der Waals surface area contributed by atoms with Crippen molar-refractivity contribution in [2.75, 3.05) is 6.61 Å². The number of ether oxygens (including phenoxy) is 1. The van der Waals surface area contributed by atoms with Gasteiger partial charge in [-0.2, -0.15) is 0 Å². The fourth-order valence-corrected chi connectivity index (χ4v) is 2.23. The largest absolute Gasteiger partial charge is 0.490 e. The summed E-state index contributed by atoms with van der Waals surface area (Å²) in [5, 5.41) is 0. The van der Waals surface area contributed by atoms with E-state index < -0.39 is 0 Å². The van der Waals surface area contributed by atoms with Crippen molar-refractivity contribution in [1.82, 2.24) is 4.98 Å². The molecule has 0 amide bonds. The Morgan fingerprint density at radius 1 is 1.18 bits per heavy atom. The second-order valence-electron chi connectivity index (χ2n) is 6.30. The quantitative estimate of drug-likeness (QED) is 0.770. The van der Waals surface area contributed by atoms with Crippen molar-refractivity contribution in [3.05, 3.63) is 23.0 Å². The Bertz CT molecular complexity index is 433. The summed E-state index contributed by atoms with van der Waals surface area (Å²) >= 11 is 0. The van der Waals surface area contributed by atoms with Crippen molar-refractivity contribution in [3.63, 3.8) is 0 Å². The van der Waals surface area contributed by atoms with Gasteiger partial charge in [-0.15, -0.1) is 0 Å². The topological polar surface area (TPSA) is 22.1 Å². The summed E-state index contributed by atoms with van der Waals surface area (Å²) in [5.41, 5.74) is 3.69. The van der Waals surface area contributed by atoms with Crippen LogP contribution < -0.4 is 4.74 Å². The first-order chi connectivity index (χ1) is 7.83. The van der Waals surface area contributed by atoms with Gasteiger partial charge in [-0.05, 0) is 17.9 Å². The number of fused-ring (bicyclic) bond motifs is 1. The van der Waals surface area contributed by atoms with Crippen molar-refractivity contribution >= 4 is 0 Å². The molecule has 2 nitrogen and oxygen atoms in total. The molecule has 0 saturated heterocycles. The van der Waals surface area contributed by atoms with E-state index in [1.165, 1.54) is 11.3 Å². The molecule has 2 heteroatoms. The van der Waals surface area contributed by atoms with Gasteiger partial charge in [0.15, 0.2) is 0 Å². The van der Waals surface area contributed by atoms with Crippen LogP contribution in [0.15, 0.2) is 6.07 Å². The molecule has 0 radical (unpaired) electrons. The van der Waals surface area contributed by atoms with Crippen LogP contribution in [0.25, 0.3) is 0 Å². The zero-order valence-electron chi connectivity index (χ0n) is 11.8. The maximum atomic E-state index is 5.88. The zero-order chi connectivity index (χ0) is 12.8. The Balaban J connectivity index is 2.63. The monoisotopic (exact) mass is 233 g/mol. The molecule has 1 aromatic heterocycles. The molecular formula is C15H23NO. The van der Waals surface area contributed by atoms with Crippen molar-refractivity contribution in [2.45, 2.75) is 58.8 Å². The van der Waals surface area contributed by atoms with Crippen LogP contribution in [0.3, 0.4) is 0 Å². The third-order valence-electron chi connectivity index (χ3n) is 3.45. The van der Waals surface area contributed by atoms with E-state index >= 15 is 0 Å². The molecule has 0 aromatic carbocycles. The van der Waals surface area contributed by atoms with Crippen LogP contribution >= 0.6 is 0 Å². The lowest BCUT2D eigenvalue weighted by Gasteiger charge is -2.18. The van der Waals surface area contributed by atoms with Crippen LogP contribution in [0, 0.1) is 0 Å². The summed E-state index contributed by atoms with van der Waals surface area (Å²) < 4.78 is 5.88. The molecule has 0 N–H and O–H groups in total. The maximum absolute atomic E-state index is 5.88. The van der Waals surface area contributed by atoms with Gasteiger partial charge in [-0.3, -0.25) is 4.98 Å². The van der Waals surface area contributed by atoms with Crippen molar-refractivity contribution in [1.29, 1.82) is 0 Å². The summed E-state index contributed by atoms with van der Waals surface area (Å²) in [7, 11) is 0. The predicted octanol–water partition coefficient (Wildman–Crippen LogP) is 4.00. The van der Waals surface area contributed by atoms with Crippen LogP contribution in [0.4, 0.5) is 0 Å². The van der Waals surface area contributed by atoms with E-state index in [0.29, 0.717) is 11.8 Å². The summed E-state index contributed by atoms with van der Waals surface area (Å²) in [6, 6.07) is 2.22. The van der Waals surface area contributed by atoms with Crippen LogP contribution in [0.1, 0.15) is 70.3 Å². The first-order valence-corrected chi connectivity index (χ1v) is 6.51. The van der Waals surface area contributed by atoms with E-state index in [2.05, 4.69) is 47.6 Å². The van der Waals surface area contributed by atoms with E-state index in [1.807, 2.05) is 0 Å². The number of hydrogen-bond acceptors (Lipinski definition) is 2. The highest BCUT2D eigenvalue weighted by Gasteiger charge is 2.36. The Kier molecular flexibility index (Phi) is 2.92. The van der Waals surface area contributed by atoms with Gasteiger partial charge in [0.1, 0.15) is 5.75 Å². The van der Waals surface area contributed by atoms with E-state index in [1.54, 1.807) is 0 Å². The van der Waals surface area contributed by atoms with Gasteiger partial charge >= 0.3 is 0 Å². The highest BCUT2D eigenvalue weighted by atomic mass is 16.5. The van der Waals surface area contributed by atoms with Crippen LogP contribution in [-0.4, -0.2) is 11.6 Å². The van der Waals surface area contributed by atoms with E-state index in [4.69, 9.17) is 9.72 Å². The molecule has 2 heterocycles. The Hall–Kier alpha value is -1.05. The SMILES string of the molecule is CC(C)c1cc(C(C)C)c2c(n1)C(C)(C)CO2. The number of aromatic nitrogens is 1. The number of rotatable bonds is 2. The maximum Gasteiger partial charge on any atom is 0.144 e. The lowest BCUT2D eigenvalue weighted by atomic mass is 9.88. The van der Waals surface area contributed by atoms with Gasteiger partial charge in [0.05, 0.1) is 12.3 Å². The molecule has 1 aliphatic rings. The standard InChI is InChI=1S/C15H23NO/c1-9(2)11-7-12(10(3)4)16-14-13(11)17-8-15(14,5)6/h7,9-10H,8H2,1-6H3. The molecule has 0 unspecified atom stereocenters. The summed E-state index contributed by atoms with van der Waals surface area (Å²) in [6.45, 7) is 14.0. The van der Waals surface area contributed by atoms with Gasteiger partial charge < -0.3 is 4.74 Å². The van der Waals surface area contributed by atoms with Gasteiger partial charge in [0.2, 0.25) is 0 Å². The molecule has 2 rings (SSSR count). The van der Waals surface area contributed by atoms with E-state index in [-0.39, 0.29) is 5.41 Å². The molecule has 1 aliphatic heterocycles. The van der Waals surface area contributed by atoms with Crippen LogP contribution in [0.5, 0.6) is 5.75 Å². The van der Waals surface area contributed by atoms with Gasteiger partial charge in [-0.1, -0.05) is 41.5 Å². The molecule has 0 aliphatic carbocycles. The summed E-state index contributed by atoms with van der Waals surface area (Å²) in [5.74, 6) is 1.99. The molecule has 0 saturated carbocycles. The molecule has 1 aromatic rings. The molecule has 0 fully saturated rings. The number of hydrogen-bond donors (Lipinski definition) is 0. The van der Waals surface area contributed by atoms with Crippen LogP contribution in [0.2, 0.25) is 0 Å². The van der Waals surface area contributed by atoms with Gasteiger partial charge in [0, 0.05) is 16.7 Å². The Morgan fingerprint density at radius 2 is 1.82 bits per heavy atom. The van der Waals surface area contributed by atoms with E-state index in [0.717, 1.165) is 18.1 Å². The second-order valence-corrected chi connectivity index (χ2v) is 6.30. The minimum Gasteiger partial charge on any atom is -0.490 e. The third-order valence-corrected chi connectivity index (χ3v) is 3.45. The van der Waals surface area contributed by atoms with Crippen molar-refractivity contribution in [2.24, 2.45) is 0 Å². The van der Waals surface area contributed by atoms with Crippen molar-refractivity contribution in [3.8, 4) is 5.75 Å². The lowest BCUT2D eigenvalue weighted by molar-refractivity contribution is 0.288. The Labute approximate surface area is 104 Å². The highest BCUT2D eigenvalue weighted by Crippen LogP contribution is 2.42. The van der Waals surface area contributed by atoms with Gasteiger partial charge in [0.25, 0.3) is 0 Å². The third kappa shape index (κ3) is 2.05. The predicted molar refractivity (Wildman–Crippen MR) is 70.9 cm³/mol.